The lowest BCUT2D eigenvalue weighted by Crippen LogP contribution is -2.41. The second kappa shape index (κ2) is 7.55. The van der Waals surface area contributed by atoms with Crippen molar-refractivity contribution in [3.63, 3.8) is 0 Å². The van der Waals surface area contributed by atoms with Gasteiger partial charge < -0.3 is 9.64 Å². The predicted octanol–water partition coefficient (Wildman–Crippen LogP) is 0.895. The number of pyridine rings is 1. The standard InChI is InChI=1S/C17H23N5O4S/c1-20-12-13(10-19-20)17(23)22-8-6-15(7-9-22)26-16-5-4-14(11-18-16)21(2)27(3,24)25/h4-5,10-12,15H,6-9H2,1-3H3. The Labute approximate surface area is 158 Å². The minimum absolute atomic E-state index is 0.0205. The van der Waals surface area contributed by atoms with Gasteiger partial charge in [-0.25, -0.2) is 13.4 Å². The summed E-state index contributed by atoms with van der Waals surface area (Å²) in [6.45, 7) is 1.21. The minimum atomic E-state index is -3.32. The van der Waals surface area contributed by atoms with Crippen LogP contribution >= 0.6 is 0 Å². The molecule has 0 N–H and O–H groups in total. The van der Waals surface area contributed by atoms with Gasteiger partial charge in [0.05, 0.1) is 29.9 Å². The van der Waals surface area contributed by atoms with Crippen LogP contribution in [0.4, 0.5) is 5.69 Å². The number of carbonyl (C=O) groups is 1. The van der Waals surface area contributed by atoms with Gasteiger partial charge in [0.15, 0.2) is 0 Å². The molecule has 2 aromatic rings. The zero-order chi connectivity index (χ0) is 19.6. The quantitative estimate of drug-likeness (QED) is 0.748. The van der Waals surface area contributed by atoms with Gasteiger partial charge in [0.2, 0.25) is 15.9 Å². The molecule has 0 bridgehead atoms. The Hall–Kier alpha value is -2.62. The minimum Gasteiger partial charge on any atom is -0.474 e. The van der Waals surface area contributed by atoms with E-state index in [0.29, 0.717) is 43.1 Å². The maximum atomic E-state index is 12.4. The number of hydrogen-bond acceptors (Lipinski definition) is 6. The molecule has 0 aliphatic carbocycles. The third-order valence-electron chi connectivity index (χ3n) is 4.55. The summed E-state index contributed by atoms with van der Waals surface area (Å²) in [5.74, 6) is 0.422. The normalized spacial score (nSPS) is 15.6. The van der Waals surface area contributed by atoms with Crippen molar-refractivity contribution in [3.8, 4) is 5.88 Å². The smallest absolute Gasteiger partial charge is 0.257 e. The molecule has 1 aliphatic heterocycles. The molecule has 146 valence electrons. The number of rotatable bonds is 5. The molecule has 1 aliphatic rings. The fourth-order valence-corrected chi connectivity index (χ4v) is 3.37. The molecule has 3 heterocycles. The number of anilines is 1. The highest BCUT2D eigenvalue weighted by atomic mass is 32.2. The average Bonchev–Trinajstić information content (AvgIpc) is 3.07. The molecular formula is C17H23N5O4S. The van der Waals surface area contributed by atoms with Crippen LogP contribution in [0.5, 0.6) is 5.88 Å². The Morgan fingerprint density at radius 2 is 1.96 bits per heavy atom. The van der Waals surface area contributed by atoms with Crippen LogP contribution in [0.2, 0.25) is 0 Å². The molecule has 0 radical (unpaired) electrons. The van der Waals surface area contributed by atoms with Crippen molar-refractivity contribution in [1.82, 2.24) is 19.7 Å². The summed E-state index contributed by atoms with van der Waals surface area (Å²) in [6, 6.07) is 3.31. The monoisotopic (exact) mass is 393 g/mol. The topological polar surface area (TPSA) is 97.6 Å². The summed E-state index contributed by atoms with van der Waals surface area (Å²) in [5, 5.41) is 4.03. The highest BCUT2D eigenvalue weighted by Gasteiger charge is 2.25. The first kappa shape index (κ1) is 19.2. The number of ether oxygens (including phenoxy) is 1. The zero-order valence-corrected chi connectivity index (χ0v) is 16.4. The number of amides is 1. The van der Waals surface area contributed by atoms with Crippen LogP contribution in [0.15, 0.2) is 30.7 Å². The van der Waals surface area contributed by atoms with E-state index < -0.39 is 10.0 Å². The lowest BCUT2D eigenvalue weighted by atomic mass is 10.1. The van der Waals surface area contributed by atoms with Gasteiger partial charge in [0.25, 0.3) is 5.91 Å². The summed E-state index contributed by atoms with van der Waals surface area (Å²) in [6.07, 6.45) is 7.27. The molecule has 0 saturated carbocycles. The Balaban J connectivity index is 1.54. The number of sulfonamides is 1. The molecule has 1 fully saturated rings. The summed E-state index contributed by atoms with van der Waals surface area (Å²) < 4.78 is 31.8. The van der Waals surface area contributed by atoms with Gasteiger partial charge in [-0.3, -0.25) is 13.8 Å². The summed E-state index contributed by atoms with van der Waals surface area (Å²) in [4.78, 5) is 18.4. The third-order valence-corrected chi connectivity index (χ3v) is 5.76. The number of nitrogens with zero attached hydrogens (tertiary/aromatic N) is 5. The third kappa shape index (κ3) is 4.57. The van der Waals surface area contributed by atoms with Crippen LogP contribution in [0.3, 0.4) is 0 Å². The van der Waals surface area contributed by atoms with E-state index in [0.717, 1.165) is 10.6 Å². The Morgan fingerprint density at radius 1 is 1.26 bits per heavy atom. The second-order valence-electron chi connectivity index (χ2n) is 6.60. The molecule has 2 aromatic heterocycles. The number of likely N-dealkylation sites (tertiary alicyclic amines) is 1. The SMILES string of the molecule is CN(c1ccc(OC2CCN(C(=O)c3cnn(C)c3)CC2)nc1)S(C)(=O)=O. The summed E-state index contributed by atoms with van der Waals surface area (Å²) in [5.41, 5.74) is 1.06. The van der Waals surface area contributed by atoms with Crippen molar-refractivity contribution in [2.75, 3.05) is 30.7 Å². The van der Waals surface area contributed by atoms with Crippen molar-refractivity contribution in [2.24, 2.45) is 7.05 Å². The maximum absolute atomic E-state index is 12.4. The van der Waals surface area contributed by atoms with Gasteiger partial charge in [-0.05, 0) is 6.07 Å². The fraction of sp³-hybridized carbons (Fsp3) is 0.471. The fourth-order valence-electron chi connectivity index (χ4n) is 2.88. The van der Waals surface area contributed by atoms with Crippen molar-refractivity contribution in [1.29, 1.82) is 0 Å². The number of carbonyl (C=O) groups excluding carboxylic acids is 1. The second-order valence-corrected chi connectivity index (χ2v) is 8.61. The lowest BCUT2D eigenvalue weighted by molar-refractivity contribution is 0.0588. The van der Waals surface area contributed by atoms with Crippen molar-refractivity contribution in [2.45, 2.75) is 18.9 Å². The van der Waals surface area contributed by atoms with Crippen LogP contribution in [0.1, 0.15) is 23.2 Å². The molecule has 1 amide bonds. The molecule has 0 unspecified atom stereocenters. The van der Waals surface area contributed by atoms with Crippen LogP contribution in [-0.4, -0.2) is 66.5 Å². The molecule has 0 atom stereocenters. The van der Waals surface area contributed by atoms with E-state index in [2.05, 4.69) is 10.1 Å². The molecule has 9 nitrogen and oxygen atoms in total. The summed E-state index contributed by atoms with van der Waals surface area (Å²) in [7, 11) is -0.0679. The van der Waals surface area contributed by atoms with Crippen LogP contribution in [-0.2, 0) is 17.1 Å². The molecule has 27 heavy (non-hydrogen) atoms. The first-order valence-corrected chi connectivity index (χ1v) is 10.4. The zero-order valence-electron chi connectivity index (χ0n) is 15.6. The number of aryl methyl sites for hydroxylation is 1. The largest absolute Gasteiger partial charge is 0.474 e. The predicted molar refractivity (Wildman–Crippen MR) is 100 cm³/mol. The highest BCUT2D eigenvalue weighted by molar-refractivity contribution is 7.92. The Bertz CT molecular complexity index is 902. The van der Waals surface area contributed by atoms with Gasteiger partial charge in [-0.15, -0.1) is 0 Å². The van der Waals surface area contributed by atoms with E-state index in [1.807, 2.05) is 0 Å². The van der Waals surface area contributed by atoms with E-state index in [4.69, 9.17) is 4.74 Å². The molecular weight excluding hydrogens is 370 g/mol. The van der Waals surface area contributed by atoms with Gasteiger partial charge >= 0.3 is 0 Å². The number of piperidine rings is 1. The van der Waals surface area contributed by atoms with E-state index in [1.165, 1.54) is 13.2 Å². The van der Waals surface area contributed by atoms with E-state index in [-0.39, 0.29) is 12.0 Å². The van der Waals surface area contributed by atoms with Gasteiger partial charge in [-0.1, -0.05) is 0 Å². The lowest BCUT2D eigenvalue weighted by Gasteiger charge is -2.31. The summed E-state index contributed by atoms with van der Waals surface area (Å²) >= 11 is 0. The van der Waals surface area contributed by atoms with Crippen molar-refractivity contribution >= 4 is 21.6 Å². The van der Waals surface area contributed by atoms with Crippen LogP contribution in [0, 0.1) is 0 Å². The van der Waals surface area contributed by atoms with Crippen molar-refractivity contribution < 1.29 is 17.9 Å². The van der Waals surface area contributed by atoms with E-state index in [9.17, 15) is 13.2 Å². The van der Waals surface area contributed by atoms with Crippen LogP contribution in [0.25, 0.3) is 0 Å². The van der Waals surface area contributed by atoms with Crippen LogP contribution < -0.4 is 9.04 Å². The van der Waals surface area contributed by atoms with Gasteiger partial charge in [0.1, 0.15) is 6.10 Å². The first-order valence-electron chi connectivity index (χ1n) is 8.58. The van der Waals surface area contributed by atoms with E-state index >= 15 is 0 Å². The van der Waals surface area contributed by atoms with Gasteiger partial charge in [0, 0.05) is 52.3 Å². The number of hydrogen-bond donors (Lipinski definition) is 0. The molecule has 0 aromatic carbocycles. The van der Waals surface area contributed by atoms with E-state index in [1.54, 1.807) is 41.2 Å². The van der Waals surface area contributed by atoms with Gasteiger partial charge in [-0.2, -0.15) is 5.10 Å². The molecule has 1 saturated heterocycles. The van der Waals surface area contributed by atoms with Crippen molar-refractivity contribution in [3.05, 3.63) is 36.3 Å². The Kier molecular flexibility index (Phi) is 5.36. The first-order chi connectivity index (χ1) is 12.7. The maximum Gasteiger partial charge on any atom is 0.257 e. The Morgan fingerprint density at radius 3 is 2.48 bits per heavy atom. The molecule has 0 spiro atoms. The highest BCUT2D eigenvalue weighted by Crippen LogP contribution is 2.21. The molecule has 10 heteroatoms. The molecule has 3 rings (SSSR count). The number of aromatic nitrogens is 3. The average molecular weight is 393 g/mol.